The average Bonchev–Trinajstić information content (AvgIpc) is 2.39. The molecule has 4 rings (SSSR count). The minimum atomic E-state index is 0.0680. The van der Waals surface area contributed by atoms with Crippen LogP contribution in [0.1, 0.15) is 45.4 Å². The standard InChI is InChI=1S/C15H24N4OS/c1-8(18-19-15(16)21)2-13(20)17-14-11-4-9-3-10(6-11)7-12(14)5-9/h9-12,14H,2-7H2,1H3,(H,17,20)(H3,16,19,21)/b18-8+. The van der Waals surface area contributed by atoms with Gasteiger partial charge in [-0.15, -0.1) is 0 Å². The van der Waals surface area contributed by atoms with Gasteiger partial charge in [0.25, 0.3) is 0 Å². The zero-order chi connectivity index (χ0) is 15.0. The van der Waals surface area contributed by atoms with E-state index in [1.165, 1.54) is 32.1 Å². The van der Waals surface area contributed by atoms with Crippen LogP contribution in [0.2, 0.25) is 0 Å². The SMILES string of the molecule is C/C(CC(=O)NC1C2CC3CC(C2)CC1C3)=N\NC(N)=S. The van der Waals surface area contributed by atoms with Gasteiger partial charge in [-0.3, -0.25) is 10.2 Å². The number of nitrogens with one attached hydrogen (secondary N) is 2. The van der Waals surface area contributed by atoms with Crippen molar-refractivity contribution >= 4 is 28.9 Å². The first kappa shape index (κ1) is 14.8. The van der Waals surface area contributed by atoms with E-state index in [9.17, 15) is 4.79 Å². The van der Waals surface area contributed by atoms with Crippen molar-refractivity contribution in [1.82, 2.24) is 10.7 Å². The van der Waals surface area contributed by atoms with E-state index >= 15 is 0 Å². The van der Waals surface area contributed by atoms with Gasteiger partial charge in [0.05, 0.1) is 6.42 Å². The van der Waals surface area contributed by atoms with Crippen molar-refractivity contribution in [2.24, 2.45) is 34.5 Å². The molecule has 1 amide bonds. The van der Waals surface area contributed by atoms with Crippen LogP contribution in [0, 0.1) is 23.7 Å². The lowest BCUT2D eigenvalue weighted by Crippen LogP contribution is -2.56. The molecule has 6 heteroatoms. The van der Waals surface area contributed by atoms with Gasteiger partial charge in [-0.05, 0) is 74.9 Å². The maximum Gasteiger partial charge on any atom is 0.225 e. The highest BCUT2D eigenvalue weighted by molar-refractivity contribution is 7.80. The van der Waals surface area contributed by atoms with E-state index in [1.807, 2.05) is 6.92 Å². The van der Waals surface area contributed by atoms with Crippen molar-refractivity contribution in [1.29, 1.82) is 0 Å². The zero-order valence-corrected chi connectivity index (χ0v) is 13.3. The summed E-state index contributed by atoms with van der Waals surface area (Å²) in [6, 6.07) is 0.390. The molecule has 4 N–H and O–H groups in total. The Hall–Kier alpha value is -1.17. The van der Waals surface area contributed by atoms with E-state index in [0.717, 1.165) is 11.8 Å². The maximum absolute atomic E-state index is 12.2. The second kappa shape index (κ2) is 5.91. The molecule has 0 spiro atoms. The molecular weight excluding hydrogens is 284 g/mol. The first-order valence-corrected chi connectivity index (χ1v) is 8.30. The van der Waals surface area contributed by atoms with E-state index in [0.29, 0.717) is 30.0 Å². The number of hydrogen-bond acceptors (Lipinski definition) is 3. The Morgan fingerprint density at radius 3 is 2.29 bits per heavy atom. The number of hydrogen-bond donors (Lipinski definition) is 3. The molecule has 0 heterocycles. The van der Waals surface area contributed by atoms with Crippen molar-refractivity contribution in [3.05, 3.63) is 0 Å². The largest absolute Gasteiger partial charge is 0.375 e. The van der Waals surface area contributed by atoms with Crippen LogP contribution in [0.3, 0.4) is 0 Å². The molecule has 4 saturated carbocycles. The molecule has 4 aliphatic rings. The molecule has 0 aromatic heterocycles. The number of carbonyl (C=O) groups is 1. The summed E-state index contributed by atoms with van der Waals surface area (Å²) < 4.78 is 0. The second-order valence-corrected chi connectivity index (χ2v) is 7.46. The van der Waals surface area contributed by atoms with Crippen LogP contribution in [0.15, 0.2) is 5.10 Å². The number of nitrogens with two attached hydrogens (primary N) is 1. The highest BCUT2D eigenvalue weighted by Crippen LogP contribution is 2.53. The monoisotopic (exact) mass is 308 g/mol. The van der Waals surface area contributed by atoms with Crippen molar-refractivity contribution in [3.8, 4) is 0 Å². The molecule has 4 aliphatic carbocycles. The maximum atomic E-state index is 12.2. The number of nitrogens with zero attached hydrogens (tertiary/aromatic N) is 1. The molecule has 0 radical (unpaired) electrons. The van der Waals surface area contributed by atoms with Crippen LogP contribution in [0.25, 0.3) is 0 Å². The Kier molecular flexibility index (Phi) is 4.15. The molecule has 0 aromatic rings. The van der Waals surface area contributed by atoms with E-state index in [1.54, 1.807) is 0 Å². The third-order valence-corrected chi connectivity index (χ3v) is 5.42. The summed E-state index contributed by atoms with van der Waals surface area (Å²) in [5.74, 6) is 3.34. The van der Waals surface area contributed by atoms with Crippen LogP contribution >= 0.6 is 12.2 Å². The van der Waals surface area contributed by atoms with Gasteiger partial charge in [-0.2, -0.15) is 5.10 Å². The van der Waals surface area contributed by atoms with Crippen molar-refractivity contribution in [2.75, 3.05) is 0 Å². The molecular formula is C15H24N4OS. The Bertz CT molecular complexity index is 448. The van der Waals surface area contributed by atoms with Crippen LogP contribution in [-0.4, -0.2) is 22.8 Å². The number of hydrazone groups is 1. The fraction of sp³-hybridized carbons (Fsp3) is 0.800. The van der Waals surface area contributed by atoms with Crippen molar-refractivity contribution in [3.63, 3.8) is 0 Å². The third kappa shape index (κ3) is 3.36. The predicted octanol–water partition coefficient (Wildman–Crippen LogP) is 1.53. The van der Waals surface area contributed by atoms with Gasteiger partial charge in [-0.1, -0.05) is 0 Å². The minimum absolute atomic E-state index is 0.0680. The van der Waals surface area contributed by atoms with Crippen molar-refractivity contribution in [2.45, 2.75) is 51.5 Å². The Balaban J connectivity index is 1.53. The van der Waals surface area contributed by atoms with Crippen LogP contribution in [0.5, 0.6) is 0 Å². The van der Waals surface area contributed by atoms with Gasteiger partial charge >= 0.3 is 0 Å². The summed E-state index contributed by atoms with van der Waals surface area (Å²) in [5.41, 5.74) is 8.53. The molecule has 4 bridgehead atoms. The second-order valence-electron chi connectivity index (χ2n) is 7.02. The number of amides is 1. The normalized spacial score (nSPS) is 37.4. The minimum Gasteiger partial charge on any atom is -0.375 e. The Morgan fingerprint density at radius 2 is 1.76 bits per heavy atom. The molecule has 0 aromatic carbocycles. The fourth-order valence-electron chi connectivity index (χ4n) is 4.82. The molecule has 0 atom stereocenters. The van der Waals surface area contributed by atoms with Gasteiger partial charge < -0.3 is 11.1 Å². The van der Waals surface area contributed by atoms with Crippen molar-refractivity contribution < 1.29 is 4.79 Å². The topological polar surface area (TPSA) is 79.5 Å². The predicted molar refractivity (Wildman–Crippen MR) is 86.6 cm³/mol. The summed E-state index contributed by atoms with van der Waals surface area (Å²) in [6.07, 6.45) is 6.99. The van der Waals surface area contributed by atoms with Gasteiger partial charge in [0.15, 0.2) is 5.11 Å². The summed E-state index contributed by atoms with van der Waals surface area (Å²) in [5, 5.41) is 7.38. The lowest BCUT2D eigenvalue weighted by atomic mass is 9.54. The number of carbonyl (C=O) groups excluding carboxylic acids is 1. The first-order valence-electron chi connectivity index (χ1n) is 7.89. The smallest absolute Gasteiger partial charge is 0.225 e. The van der Waals surface area contributed by atoms with E-state index in [4.69, 9.17) is 5.73 Å². The van der Waals surface area contributed by atoms with Crippen LogP contribution in [0.4, 0.5) is 0 Å². The molecule has 0 unspecified atom stereocenters. The van der Waals surface area contributed by atoms with Crippen LogP contribution < -0.4 is 16.5 Å². The van der Waals surface area contributed by atoms with Gasteiger partial charge in [0.1, 0.15) is 0 Å². The molecule has 5 nitrogen and oxygen atoms in total. The van der Waals surface area contributed by atoms with E-state index in [-0.39, 0.29) is 11.0 Å². The lowest BCUT2D eigenvalue weighted by Gasteiger charge is -2.54. The highest BCUT2D eigenvalue weighted by atomic mass is 32.1. The quantitative estimate of drug-likeness (QED) is 0.418. The number of thiocarbonyl (C=S) groups is 1. The summed E-state index contributed by atoms with van der Waals surface area (Å²) >= 11 is 4.69. The summed E-state index contributed by atoms with van der Waals surface area (Å²) in [4.78, 5) is 12.2. The zero-order valence-electron chi connectivity index (χ0n) is 12.5. The molecule has 4 fully saturated rings. The summed E-state index contributed by atoms with van der Waals surface area (Å²) in [7, 11) is 0. The molecule has 0 saturated heterocycles. The van der Waals surface area contributed by atoms with E-state index < -0.39 is 0 Å². The Labute approximate surface area is 131 Å². The molecule has 0 aliphatic heterocycles. The summed E-state index contributed by atoms with van der Waals surface area (Å²) in [6.45, 7) is 1.81. The number of rotatable bonds is 4. The first-order chi connectivity index (χ1) is 10.0. The fourth-order valence-corrected chi connectivity index (χ4v) is 4.87. The third-order valence-electron chi connectivity index (χ3n) is 5.33. The van der Waals surface area contributed by atoms with Crippen LogP contribution in [-0.2, 0) is 4.79 Å². The molecule has 21 heavy (non-hydrogen) atoms. The van der Waals surface area contributed by atoms with Gasteiger partial charge in [0.2, 0.25) is 5.91 Å². The van der Waals surface area contributed by atoms with Gasteiger partial charge in [0, 0.05) is 11.8 Å². The van der Waals surface area contributed by atoms with Gasteiger partial charge in [-0.25, -0.2) is 0 Å². The highest BCUT2D eigenvalue weighted by Gasteiger charge is 2.48. The Morgan fingerprint density at radius 1 is 1.19 bits per heavy atom. The van der Waals surface area contributed by atoms with E-state index in [2.05, 4.69) is 28.1 Å². The molecule has 116 valence electrons. The lowest BCUT2D eigenvalue weighted by molar-refractivity contribution is -0.123. The average molecular weight is 308 g/mol.